The number of morpholine rings is 1. The van der Waals surface area contributed by atoms with Crippen molar-refractivity contribution in [3.05, 3.63) is 41.0 Å². The summed E-state index contributed by atoms with van der Waals surface area (Å²) in [5, 5.41) is 0. The molecular formula is C20H24F3NO3. The van der Waals surface area contributed by atoms with Crippen molar-refractivity contribution in [2.24, 2.45) is 0 Å². The van der Waals surface area contributed by atoms with Gasteiger partial charge in [-0.1, -0.05) is 18.2 Å². The van der Waals surface area contributed by atoms with Crippen LogP contribution in [-0.2, 0) is 15.7 Å². The lowest BCUT2D eigenvalue weighted by Gasteiger charge is -2.44. The molecule has 0 aromatic heterocycles. The Morgan fingerprint density at radius 1 is 1.22 bits per heavy atom. The summed E-state index contributed by atoms with van der Waals surface area (Å²) in [5.41, 5.74) is 0.292. The highest BCUT2D eigenvalue weighted by atomic mass is 19.4. The van der Waals surface area contributed by atoms with Crippen LogP contribution in [0.1, 0.15) is 43.9 Å². The Kier molecular flexibility index (Phi) is 5.01. The van der Waals surface area contributed by atoms with E-state index in [9.17, 15) is 18.0 Å². The molecule has 2 aliphatic rings. The lowest BCUT2D eigenvalue weighted by Crippen LogP contribution is -2.57. The van der Waals surface area contributed by atoms with Gasteiger partial charge >= 0.3 is 12.3 Å². The molecule has 2 bridgehead atoms. The first-order valence-electron chi connectivity index (χ1n) is 8.94. The van der Waals surface area contributed by atoms with E-state index in [-0.39, 0.29) is 17.6 Å². The lowest BCUT2D eigenvalue weighted by atomic mass is 9.88. The summed E-state index contributed by atoms with van der Waals surface area (Å²) in [4.78, 5) is 14.2. The van der Waals surface area contributed by atoms with Crippen molar-refractivity contribution in [2.75, 3.05) is 13.2 Å². The lowest BCUT2D eigenvalue weighted by molar-refractivity contribution is -0.138. The Morgan fingerprint density at radius 2 is 1.93 bits per heavy atom. The number of benzene rings is 1. The van der Waals surface area contributed by atoms with Crippen molar-refractivity contribution in [3.8, 4) is 0 Å². The molecule has 2 aliphatic heterocycles. The number of aryl methyl sites for hydroxylation is 1. The van der Waals surface area contributed by atoms with Gasteiger partial charge in [-0.3, -0.25) is 4.90 Å². The van der Waals surface area contributed by atoms with Gasteiger partial charge in [0.2, 0.25) is 0 Å². The van der Waals surface area contributed by atoms with E-state index in [1.165, 1.54) is 19.1 Å². The first kappa shape index (κ1) is 19.7. The predicted molar refractivity (Wildman–Crippen MR) is 95.2 cm³/mol. The molecule has 27 heavy (non-hydrogen) atoms. The van der Waals surface area contributed by atoms with Crippen molar-refractivity contribution in [3.63, 3.8) is 0 Å². The number of carbonyl (C=O) groups excluding carboxylic acids is 1. The first-order chi connectivity index (χ1) is 12.5. The number of fused-ring (bicyclic) bond motifs is 2. The van der Waals surface area contributed by atoms with Gasteiger partial charge in [-0.25, -0.2) is 4.79 Å². The molecule has 1 aromatic rings. The molecule has 1 amide bonds. The zero-order valence-corrected chi connectivity index (χ0v) is 15.9. The largest absolute Gasteiger partial charge is 0.444 e. The number of hydrogen-bond donors (Lipinski definition) is 0. The third-order valence-electron chi connectivity index (χ3n) is 4.72. The zero-order chi connectivity index (χ0) is 20.0. The van der Waals surface area contributed by atoms with Gasteiger partial charge in [0.15, 0.2) is 0 Å². The van der Waals surface area contributed by atoms with Crippen molar-refractivity contribution in [1.82, 2.24) is 4.90 Å². The molecule has 0 radical (unpaired) electrons. The number of carbonyl (C=O) groups is 1. The summed E-state index contributed by atoms with van der Waals surface area (Å²) in [7, 11) is 0. The number of ether oxygens (including phenoxy) is 2. The fourth-order valence-corrected chi connectivity index (χ4v) is 3.54. The van der Waals surface area contributed by atoms with Gasteiger partial charge in [-0.05, 0) is 56.9 Å². The highest BCUT2D eigenvalue weighted by molar-refractivity contribution is 5.75. The second-order valence-electron chi connectivity index (χ2n) is 8.07. The Labute approximate surface area is 156 Å². The fraction of sp³-hybridized carbons (Fsp3) is 0.550. The molecule has 1 saturated heterocycles. The smallest absolute Gasteiger partial charge is 0.416 e. The minimum atomic E-state index is -4.39. The minimum Gasteiger partial charge on any atom is -0.444 e. The van der Waals surface area contributed by atoms with E-state index in [1.807, 2.05) is 6.08 Å². The third-order valence-corrected chi connectivity index (χ3v) is 4.72. The van der Waals surface area contributed by atoms with Crippen LogP contribution < -0.4 is 0 Å². The molecule has 1 fully saturated rings. The molecule has 2 heterocycles. The van der Waals surface area contributed by atoms with E-state index in [2.05, 4.69) is 0 Å². The van der Waals surface area contributed by atoms with Crippen molar-refractivity contribution >= 4 is 11.7 Å². The van der Waals surface area contributed by atoms with Crippen LogP contribution in [0.4, 0.5) is 18.0 Å². The van der Waals surface area contributed by atoms with E-state index >= 15 is 0 Å². The molecule has 0 spiro atoms. The Morgan fingerprint density at radius 3 is 2.52 bits per heavy atom. The van der Waals surface area contributed by atoms with Crippen molar-refractivity contribution in [2.45, 2.75) is 58.0 Å². The van der Waals surface area contributed by atoms with E-state index in [0.717, 1.165) is 5.57 Å². The molecule has 3 rings (SSSR count). The zero-order valence-electron chi connectivity index (χ0n) is 15.9. The maximum atomic E-state index is 13.2. The van der Waals surface area contributed by atoms with Gasteiger partial charge in [-0.2, -0.15) is 13.2 Å². The number of rotatable bonds is 1. The van der Waals surface area contributed by atoms with E-state index in [4.69, 9.17) is 9.47 Å². The van der Waals surface area contributed by atoms with E-state index < -0.39 is 23.4 Å². The summed E-state index contributed by atoms with van der Waals surface area (Å²) in [6.45, 7) is 7.49. The predicted octanol–water partition coefficient (Wildman–Crippen LogP) is 4.81. The highest BCUT2D eigenvalue weighted by Crippen LogP contribution is 2.37. The summed E-state index contributed by atoms with van der Waals surface area (Å²) < 4.78 is 50.8. The summed E-state index contributed by atoms with van der Waals surface area (Å²) in [6.07, 6.45) is -2.56. The molecule has 7 heteroatoms. The van der Waals surface area contributed by atoms with Crippen LogP contribution in [0.5, 0.6) is 0 Å². The normalized spacial score (nSPS) is 23.1. The van der Waals surface area contributed by atoms with Crippen LogP contribution in [0.15, 0.2) is 24.3 Å². The topological polar surface area (TPSA) is 38.8 Å². The number of halogens is 3. The highest BCUT2D eigenvalue weighted by Gasteiger charge is 2.40. The van der Waals surface area contributed by atoms with Gasteiger partial charge in [0.1, 0.15) is 5.60 Å². The Balaban J connectivity index is 1.91. The SMILES string of the molecule is Cc1ccc(C2=CC3COCC(C2)N3C(=O)OC(C)(C)C)cc1C(F)(F)F. The second-order valence-corrected chi connectivity index (χ2v) is 8.07. The Hall–Kier alpha value is -2.02. The van der Waals surface area contributed by atoms with Crippen LogP contribution in [0.2, 0.25) is 0 Å². The van der Waals surface area contributed by atoms with Crippen LogP contribution in [0.25, 0.3) is 5.57 Å². The fourth-order valence-electron chi connectivity index (χ4n) is 3.54. The summed E-state index contributed by atoms with van der Waals surface area (Å²) in [5.74, 6) is 0. The monoisotopic (exact) mass is 383 g/mol. The van der Waals surface area contributed by atoms with Crippen molar-refractivity contribution < 1.29 is 27.4 Å². The maximum Gasteiger partial charge on any atom is 0.416 e. The average Bonchev–Trinajstić information content (AvgIpc) is 2.51. The first-order valence-corrected chi connectivity index (χ1v) is 8.94. The van der Waals surface area contributed by atoms with Crippen LogP contribution in [-0.4, -0.2) is 41.9 Å². The molecule has 0 aliphatic carbocycles. The van der Waals surface area contributed by atoms with Crippen LogP contribution in [0, 0.1) is 6.92 Å². The third kappa shape index (κ3) is 4.29. The molecule has 2 unspecified atom stereocenters. The van der Waals surface area contributed by atoms with Gasteiger partial charge < -0.3 is 9.47 Å². The summed E-state index contributed by atoms with van der Waals surface area (Å²) in [6, 6.07) is 3.79. The van der Waals surface area contributed by atoms with E-state index in [1.54, 1.807) is 31.7 Å². The number of alkyl halides is 3. The summed E-state index contributed by atoms with van der Waals surface area (Å²) >= 11 is 0. The quantitative estimate of drug-likeness (QED) is 0.699. The second kappa shape index (κ2) is 6.86. The maximum absolute atomic E-state index is 13.2. The molecular weight excluding hydrogens is 359 g/mol. The van der Waals surface area contributed by atoms with Crippen LogP contribution >= 0.6 is 0 Å². The van der Waals surface area contributed by atoms with Crippen molar-refractivity contribution in [1.29, 1.82) is 0 Å². The van der Waals surface area contributed by atoms with Gasteiger partial charge in [0, 0.05) is 0 Å². The molecule has 148 valence electrons. The number of nitrogens with zero attached hydrogens (tertiary/aromatic N) is 1. The molecule has 0 N–H and O–H groups in total. The molecule has 0 saturated carbocycles. The van der Waals surface area contributed by atoms with E-state index in [0.29, 0.717) is 25.2 Å². The van der Waals surface area contributed by atoms with Gasteiger partial charge in [0.25, 0.3) is 0 Å². The van der Waals surface area contributed by atoms with Gasteiger partial charge in [-0.15, -0.1) is 0 Å². The standard InChI is InChI=1S/C20H24F3NO3/c1-12-5-6-13(9-17(12)20(21,22)23)14-7-15-10-26-11-16(8-14)24(15)18(25)27-19(2,3)4/h5-7,9,15-16H,8,10-11H2,1-4H3. The van der Waals surface area contributed by atoms with Gasteiger partial charge in [0.05, 0.1) is 30.9 Å². The Bertz CT molecular complexity index is 765. The molecule has 1 aromatic carbocycles. The van der Waals surface area contributed by atoms with Crippen LogP contribution in [0.3, 0.4) is 0 Å². The number of hydrogen-bond acceptors (Lipinski definition) is 3. The molecule has 4 nitrogen and oxygen atoms in total. The number of amides is 1. The molecule has 2 atom stereocenters. The average molecular weight is 383 g/mol. The minimum absolute atomic E-state index is 0.196.